The van der Waals surface area contributed by atoms with Gasteiger partial charge in [-0.3, -0.25) is 4.79 Å². The van der Waals surface area contributed by atoms with Gasteiger partial charge in [-0.05, 0) is 18.6 Å². The Labute approximate surface area is 124 Å². The van der Waals surface area contributed by atoms with Gasteiger partial charge in [-0.25, -0.2) is 4.98 Å². The van der Waals surface area contributed by atoms with Crippen LogP contribution in [0.3, 0.4) is 0 Å². The Kier molecular flexibility index (Phi) is 4.48. The molecular weight excluding hydrogens is 299 g/mol. The van der Waals surface area contributed by atoms with Crippen LogP contribution in [0.15, 0.2) is 23.0 Å². The summed E-state index contributed by atoms with van der Waals surface area (Å²) < 4.78 is 43.1. The number of alkyl halides is 3. The molecule has 0 saturated carbocycles. The molecule has 22 heavy (non-hydrogen) atoms. The van der Waals surface area contributed by atoms with Gasteiger partial charge in [-0.1, -0.05) is 19.4 Å². The smallest absolute Gasteiger partial charge is 0.426 e. The molecule has 0 fully saturated rings. The van der Waals surface area contributed by atoms with Crippen molar-refractivity contribution in [2.75, 3.05) is 7.11 Å². The molecule has 5 nitrogen and oxygen atoms in total. The van der Waals surface area contributed by atoms with Crippen molar-refractivity contribution < 1.29 is 17.9 Å². The maximum Gasteiger partial charge on any atom is 0.426 e. The van der Waals surface area contributed by atoms with Crippen LogP contribution in [-0.2, 0) is 12.6 Å². The van der Waals surface area contributed by atoms with Crippen molar-refractivity contribution in [3.63, 3.8) is 0 Å². The van der Waals surface area contributed by atoms with E-state index in [0.29, 0.717) is 0 Å². The first-order valence-corrected chi connectivity index (χ1v) is 6.58. The summed E-state index contributed by atoms with van der Waals surface area (Å²) in [4.78, 5) is 21.8. The van der Waals surface area contributed by atoms with Crippen molar-refractivity contribution in [2.24, 2.45) is 0 Å². The van der Waals surface area contributed by atoms with E-state index in [-0.39, 0.29) is 11.5 Å². The fourth-order valence-corrected chi connectivity index (χ4v) is 1.98. The van der Waals surface area contributed by atoms with E-state index in [1.165, 1.54) is 0 Å². The van der Waals surface area contributed by atoms with E-state index in [1.807, 2.05) is 6.92 Å². The SMILES string of the molecule is CCCc1cccc(-c2nc(OC)c(C(F)(F)F)c(=O)[nH]2)n1. The normalized spacial score (nSPS) is 11.5. The van der Waals surface area contributed by atoms with Crippen molar-refractivity contribution in [2.45, 2.75) is 25.9 Å². The van der Waals surface area contributed by atoms with E-state index in [4.69, 9.17) is 0 Å². The first-order chi connectivity index (χ1) is 10.4. The highest BCUT2D eigenvalue weighted by Crippen LogP contribution is 2.32. The van der Waals surface area contributed by atoms with Gasteiger partial charge in [0.25, 0.3) is 5.56 Å². The molecular formula is C14H14F3N3O2. The van der Waals surface area contributed by atoms with Crippen molar-refractivity contribution in [3.05, 3.63) is 39.8 Å². The lowest BCUT2D eigenvalue weighted by atomic mass is 10.2. The lowest BCUT2D eigenvalue weighted by Gasteiger charge is -2.11. The standard InChI is InChI=1S/C14H14F3N3O2/c1-3-5-8-6-4-7-9(18-8)11-19-12(21)10(14(15,16)17)13(20-11)22-2/h4,6-7H,3,5H2,1-2H3,(H,19,20,21). The van der Waals surface area contributed by atoms with Gasteiger partial charge in [0.2, 0.25) is 5.88 Å². The lowest BCUT2D eigenvalue weighted by molar-refractivity contribution is -0.140. The number of hydrogen-bond donors (Lipinski definition) is 1. The first-order valence-electron chi connectivity index (χ1n) is 6.58. The van der Waals surface area contributed by atoms with Crippen LogP contribution in [0.1, 0.15) is 24.6 Å². The van der Waals surface area contributed by atoms with Crippen LogP contribution in [0.2, 0.25) is 0 Å². The van der Waals surface area contributed by atoms with E-state index in [1.54, 1.807) is 18.2 Å². The fraction of sp³-hybridized carbons (Fsp3) is 0.357. The fourth-order valence-electron chi connectivity index (χ4n) is 1.98. The zero-order valence-electron chi connectivity index (χ0n) is 12.0. The summed E-state index contributed by atoms with van der Waals surface area (Å²) in [7, 11) is 1.03. The van der Waals surface area contributed by atoms with Crippen molar-refractivity contribution in [1.82, 2.24) is 15.0 Å². The number of rotatable bonds is 4. The van der Waals surface area contributed by atoms with Crippen molar-refractivity contribution in [3.8, 4) is 17.4 Å². The summed E-state index contributed by atoms with van der Waals surface area (Å²) in [6, 6.07) is 5.06. The van der Waals surface area contributed by atoms with Gasteiger partial charge in [0.05, 0.1) is 7.11 Å². The summed E-state index contributed by atoms with van der Waals surface area (Å²) >= 11 is 0. The number of ether oxygens (including phenoxy) is 1. The molecule has 0 aromatic carbocycles. The minimum atomic E-state index is -4.85. The van der Waals surface area contributed by atoms with Crippen molar-refractivity contribution >= 4 is 0 Å². The Hall–Kier alpha value is -2.38. The molecule has 8 heteroatoms. The highest BCUT2D eigenvalue weighted by atomic mass is 19.4. The monoisotopic (exact) mass is 313 g/mol. The van der Waals surface area contributed by atoms with E-state index < -0.39 is 23.2 Å². The van der Waals surface area contributed by atoms with Crippen LogP contribution in [0.5, 0.6) is 5.88 Å². The Morgan fingerprint density at radius 2 is 2.00 bits per heavy atom. The largest absolute Gasteiger partial charge is 0.480 e. The van der Waals surface area contributed by atoms with Gasteiger partial charge in [-0.15, -0.1) is 0 Å². The summed E-state index contributed by atoms with van der Waals surface area (Å²) in [6.07, 6.45) is -3.26. The molecule has 1 N–H and O–H groups in total. The number of pyridine rings is 1. The molecule has 0 radical (unpaired) electrons. The predicted octanol–water partition coefficient (Wildman–Crippen LogP) is 2.81. The summed E-state index contributed by atoms with van der Waals surface area (Å²) in [5.41, 5.74) is -1.71. The predicted molar refractivity (Wildman–Crippen MR) is 73.6 cm³/mol. The van der Waals surface area contributed by atoms with Gasteiger partial charge in [0.1, 0.15) is 5.69 Å². The maximum atomic E-state index is 12.8. The molecule has 0 aliphatic rings. The number of methoxy groups -OCH3 is 1. The molecule has 0 saturated heterocycles. The highest BCUT2D eigenvalue weighted by molar-refractivity contribution is 5.50. The lowest BCUT2D eigenvalue weighted by Crippen LogP contribution is -2.24. The Balaban J connectivity index is 2.56. The van der Waals surface area contributed by atoms with Gasteiger partial charge in [0, 0.05) is 5.69 Å². The number of H-pyrrole nitrogens is 1. The summed E-state index contributed by atoms with van der Waals surface area (Å²) in [5, 5.41) is 0. The minimum Gasteiger partial charge on any atom is -0.480 e. The Morgan fingerprint density at radius 1 is 1.27 bits per heavy atom. The maximum absolute atomic E-state index is 12.8. The molecule has 0 aliphatic heterocycles. The van der Waals surface area contributed by atoms with Crippen LogP contribution in [-0.4, -0.2) is 22.1 Å². The number of nitrogens with one attached hydrogen (secondary N) is 1. The second-order valence-electron chi connectivity index (χ2n) is 4.56. The second kappa shape index (κ2) is 6.17. The number of nitrogens with zero attached hydrogens (tertiary/aromatic N) is 2. The second-order valence-corrected chi connectivity index (χ2v) is 4.56. The summed E-state index contributed by atoms with van der Waals surface area (Å²) in [6.45, 7) is 1.98. The minimum absolute atomic E-state index is 0.0622. The topological polar surface area (TPSA) is 67.9 Å². The third-order valence-electron chi connectivity index (χ3n) is 2.92. The van der Waals surface area contributed by atoms with Gasteiger partial charge in [0.15, 0.2) is 11.4 Å². The molecule has 0 amide bonds. The Morgan fingerprint density at radius 3 is 2.59 bits per heavy atom. The highest BCUT2D eigenvalue weighted by Gasteiger charge is 2.39. The van der Waals surface area contributed by atoms with Gasteiger partial charge in [-0.2, -0.15) is 18.2 Å². The Bertz CT molecular complexity index is 726. The number of aromatic amines is 1. The molecule has 2 aromatic rings. The molecule has 0 aliphatic carbocycles. The van der Waals surface area contributed by atoms with Crippen LogP contribution in [0.25, 0.3) is 11.5 Å². The third kappa shape index (κ3) is 3.26. The van der Waals surface area contributed by atoms with Crippen molar-refractivity contribution in [1.29, 1.82) is 0 Å². The molecule has 2 rings (SSSR count). The van der Waals surface area contributed by atoms with Crippen LogP contribution >= 0.6 is 0 Å². The zero-order chi connectivity index (χ0) is 16.3. The van der Waals surface area contributed by atoms with Crippen LogP contribution in [0, 0.1) is 0 Å². The number of aryl methyl sites for hydroxylation is 1. The summed E-state index contributed by atoms with van der Waals surface area (Å²) in [5.74, 6) is -0.832. The van der Waals surface area contributed by atoms with Gasteiger partial charge >= 0.3 is 6.18 Å². The van der Waals surface area contributed by atoms with Crippen LogP contribution < -0.4 is 10.3 Å². The van der Waals surface area contributed by atoms with E-state index in [9.17, 15) is 18.0 Å². The van der Waals surface area contributed by atoms with Gasteiger partial charge < -0.3 is 9.72 Å². The quantitative estimate of drug-likeness (QED) is 0.942. The zero-order valence-corrected chi connectivity index (χ0v) is 12.0. The molecule has 0 atom stereocenters. The van der Waals surface area contributed by atoms with E-state index in [2.05, 4.69) is 19.7 Å². The average molecular weight is 313 g/mol. The average Bonchev–Trinajstić information content (AvgIpc) is 2.45. The molecule has 118 valence electrons. The van der Waals surface area contributed by atoms with E-state index in [0.717, 1.165) is 25.6 Å². The molecule has 2 aromatic heterocycles. The molecule has 0 bridgehead atoms. The molecule has 0 unspecified atom stereocenters. The third-order valence-corrected chi connectivity index (χ3v) is 2.92. The molecule has 0 spiro atoms. The number of aromatic nitrogens is 3. The van der Waals surface area contributed by atoms with E-state index >= 15 is 0 Å². The number of hydrogen-bond acceptors (Lipinski definition) is 4. The van der Waals surface area contributed by atoms with Crippen LogP contribution in [0.4, 0.5) is 13.2 Å². The number of halogens is 3. The molecule has 2 heterocycles. The first kappa shape index (κ1) is 16.0.